The lowest BCUT2D eigenvalue weighted by molar-refractivity contribution is -0.124. The van der Waals surface area contributed by atoms with E-state index in [0.717, 1.165) is 6.42 Å². The van der Waals surface area contributed by atoms with Crippen molar-refractivity contribution < 1.29 is 19.1 Å². The van der Waals surface area contributed by atoms with Gasteiger partial charge in [-0.1, -0.05) is 42.5 Å². The van der Waals surface area contributed by atoms with Crippen molar-refractivity contribution in [2.75, 3.05) is 4.90 Å². The number of ether oxygens (including phenoxy) is 1. The predicted octanol–water partition coefficient (Wildman–Crippen LogP) is 3.46. The van der Waals surface area contributed by atoms with Gasteiger partial charge in [0.05, 0.1) is 23.1 Å². The first kappa shape index (κ1) is 16.7. The fourth-order valence-electron chi connectivity index (χ4n) is 5.66. The quantitative estimate of drug-likeness (QED) is 0.351. The van der Waals surface area contributed by atoms with Crippen LogP contribution < -0.4 is 9.64 Å². The minimum Gasteiger partial charge on any atom is -0.421 e. The van der Waals surface area contributed by atoms with Gasteiger partial charge in [0.1, 0.15) is 0 Å². The average Bonchev–Trinajstić information content (AvgIpc) is 3.53. The van der Waals surface area contributed by atoms with Crippen molar-refractivity contribution in [3.8, 4) is 5.75 Å². The molecule has 0 unspecified atom stereocenters. The minimum atomic E-state index is -0.516. The molecule has 2 aromatic carbocycles. The van der Waals surface area contributed by atoms with E-state index in [4.69, 9.17) is 4.74 Å². The molecule has 5 nitrogen and oxygen atoms in total. The Bertz CT molecular complexity index is 1040. The molecular formula is C24H19NO4. The van der Waals surface area contributed by atoms with Crippen molar-refractivity contribution >= 4 is 23.5 Å². The molecule has 0 radical (unpaired) electrons. The molecule has 6 atom stereocenters. The number of hydrogen-bond donors (Lipinski definition) is 0. The van der Waals surface area contributed by atoms with Crippen LogP contribution in [-0.2, 0) is 9.59 Å². The normalized spacial score (nSPS) is 33.4. The van der Waals surface area contributed by atoms with Gasteiger partial charge in [0.15, 0.2) is 5.75 Å². The third-order valence-electron chi connectivity index (χ3n) is 6.98. The molecule has 0 aromatic heterocycles. The molecule has 1 heterocycles. The van der Waals surface area contributed by atoms with Gasteiger partial charge in [0.2, 0.25) is 11.8 Å². The Morgan fingerprint density at radius 1 is 0.828 bits per heavy atom. The summed E-state index contributed by atoms with van der Waals surface area (Å²) in [6, 6.07) is 15.5. The molecule has 2 bridgehead atoms. The van der Waals surface area contributed by atoms with Crippen molar-refractivity contribution in [3.63, 3.8) is 0 Å². The van der Waals surface area contributed by atoms with Crippen LogP contribution in [0.2, 0.25) is 0 Å². The second kappa shape index (κ2) is 5.89. The van der Waals surface area contributed by atoms with Gasteiger partial charge < -0.3 is 4.74 Å². The standard InChI is InChI=1S/C24H19NO4/c26-22-20-14-10-11-15(17-12-16(14)17)21(20)23(27)25(22)18-8-4-5-9-19(18)29-24(28)13-6-2-1-3-7-13/h1-11,14-17,20-21H,12H2/t14-,15-,16-,17+,20+,21+/m0/s1. The van der Waals surface area contributed by atoms with Gasteiger partial charge in [-0.15, -0.1) is 0 Å². The van der Waals surface area contributed by atoms with E-state index in [2.05, 4.69) is 12.2 Å². The van der Waals surface area contributed by atoms with Gasteiger partial charge in [-0.2, -0.15) is 0 Å². The van der Waals surface area contributed by atoms with E-state index in [9.17, 15) is 14.4 Å². The summed E-state index contributed by atoms with van der Waals surface area (Å²) < 4.78 is 5.59. The molecular weight excluding hydrogens is 366 g/mol. The summed E-state index contributed by atoms with van der Waals surface area (Å²) in [6.45, 7) is 0. The highest BCUT2D eigenvalue weighted by Crippen LogP contribution is 2.65. The van der Waals surface area contributed by atoms with Crippen LogP contribution in [0.5, 0.6) is 5.75 Å². The van der Waals surface area contributed by atoms with E-state index < -0.39 is 5.97 Å². The fourth-order valence-corrected chi connectivity index (χ4v) is 5.66. The second-order valence-electron chi connectivity index (χ2n) is 8.39. The number of carbonyl (C=O) groups excluding carboxylic acids is 3. The van der Waals surface area contributed by atoms with E-state index in [-0.39, 0.29) is 41.2 Å². The average molecular weight is 385 g/mol. The Morgan fingerprint density at radius 3 is 2.07 bits per heavy atom. The number of esters is 1. The molecule has 0 N–H and O–H groups in total. The molecule has 2 amide bonds. The van der Waals surface area contributed by atoms with Crippen molar-refractivity contribution in [2.45, 2.75) is 6.42 Å². The van der Waals surface area contributed by atoms with Gasteiger partial charge in [-0.3, -0.25) is 9.59 Å². The lowest BCUT2D eigenvalue weighted by Crippen LogP contribution is -2.40. The zero-order chi connectivity index (χ0) is 19.7. The third-order valence-corrected chi connectivity index (χ3v) is 6.98. The van der Waals surface area contributed by atoms with Crippen LogP contribution in [0.3, 0.4) is 0 Å². The molecule has 7 rings (SSSR count). The summed E-state index contributed by atoms with van der Waals surface area (Å²) in [6.07, 6.45) is 5.42. The summed E-state index contributed by atoms with van der Waals surface area (Å²) in [7, 11) is 0. The maximum Gasteiger partial charge on any atom is 0.343 e. The Hall–Kier alpha value is -3.21. The molecule has 3 fully saturated rings. The van der Waals surface area contributed by atoms with Gasteiger partial charge in [0, 0.05) is 0 Å². The fraction of sp³-hybridized carbons (Fsp3) is 0.292. The molecule has 1 saturated heterocycles. The van der Waals surface area contributed by atoms with Crippen molar-refractivity contribution in [1.82, 2.24) is 0 Å². The third kappa shape index (κ3) is 2.30. The second-order valence-corrected chi connectivity index (χ2v) is 8.39. The molecule has 144 valence electrons. The maximum atomic E-state index is 13.3. The molecule has 5 heteroatoms. The number of benzene rings is 2. The van der Waals surface area contributed by atoms with Crippen LogP contribution >= 0.6 is 0 Å². The number of anilines is 1. The summed E-state index contributed by atoms with van der Waals surface area (Å²) in [5.74, 6) is 0.262. The van der Waals surface area contributed by atoms with Crippen molar-refractivity contribution in [2.24, 2.45) is 35.5 Å². The van der Waals surface area contributed by atoms with Gasteiger partial charge in [0.25, 0.3) is 0 Å². The number of rotatable bonds is 3. The number of nitrogens with zero attached hydrogens (tertiary/aromatic N) is 1. The smallest absolute Gasteiger partial charge is 0.343 e. The molecule has 5 aliphatic rings. The van der Waals surface area contributed by atoms with E-state index >= 15 is 0 Å². The van der Waals surface area contributed by atoms with E-state index in [1.807, 2.05) is 6.07 Å². The van der Waals surface area contributed by atoms with Gasteiger partial charge in [-0.05, 0) is 54.4 Å². The number of imide groups is 1. The van der Waals surface area contributed by atoms with Crippen LogP contribution in [0.15, 0.2) is 66.7 Å². The molecule has 1 aliphatic heterocycles. The number of allylic oxidation sites excluding steroid dienone is 2. The van der Waals surface area contributed by atoms with Crippen LogP contribution in [0.4, 0.5) is 5.69 Å². The summed E-state index contributed by atoms with van der Waals surface area (Å²) in [4.78, 5) is 40.5. The molecule has 29 heavy (non-hydrogen) atoms. The monoisotopic (exact) mass is 385 g/mol. The van der Waals surface area contributed by atoms with Crippen LogP contribution in [0, 0.1) is 35.5 Å². The number of carbonyl (C=O) groups is 3. The molecule has 0 spiro atoms. The lowest BCUT2D eigenvalue weighted by atomic mass is 9.63. The summed E-state index contributed by atoms with van der Waals surface area (Å²) in [5, 5.41) is 0. The predicted molar refractivity (Wildman–Crippen MR) is 105 cm³/mol. The van der Waals surface area contributed by atoms with Crippen LogP contribution in [-0.4, -0.2) is 17.8 Å². The Morgan fingerprint density at radius 2 is 1.41 bits per heavy atom. The van der Waals surface area contributed by atoms with Gasteiger partial charge >= 0.3 is 5.97 Å². The molecule has 2 aromatic rings. The zero-order valence-corrected chi connectivity index (χ0v) is 15.6. The summed E-state index contributed by atoms with van der Waals surface area (Å²) >= 11 is 0. The van der Waals surface area contributed by atoms with Crippen molar-refractivity contribution in [3.05, 3.63) is 72.3 Å². The first-order valence-electron chi connectivity index (χ1n) is 10.1. The zero-order valence-electron chi connectivity index (χ0n) is 15.6. The Balaban J connectivity index is 1.35. The molecule has 4 aliphatic carbocycles. The Labute approximate surface area is 168 Å². The first-order chi connectivity index (χ1) is 14.1. The lowest BCUT2D eigenvalue weighted by Gasteiger charge is -2.37. The number of hydrogen-bond acceptors (Lipinski definition) is 4. The van der Waals surface area contributed by atoms with Crippen LogP contribution in [0.1, 0.15) is 16.8 Å². The van der Waals surface area contributed by atoms with Crippen LogP contribution in [0.25, 0.3) is 0 Å². The minimum absolute atomic E-state index is 0.159. The molecule has 2 saturated carbocycles. The van der Waals surface area contributed by atoms with Crippen molar-refractivity contribution in [1.29, 1.82) is 0 Å². The number of amides is 2. The Kier molecular flexibility index (Phi) is 3.40. The highest BCUT2D eigenvalue weighted by atomic mass is 16.5. The van der Waals surface area contributed by atoms with E-state index in [1.165, 1.54) is 4.90 Å². The van der Waals surface area contributed by atoms with E-state index in [1.54, 1.807) is 48.5 Å². The highest BCUT2D eigenvalue weighted by Gasteiger charge is 2.67. The van der Waals surface area contributed by atoms with Gasteiger partial charge in [-0.25, -0.2) is 9.69 Å². The largest absolute Gasteiger partial charge is 0.421 e. The van der Waals surface area contributed by atoms with E-state index in [0.29, 0.717) is 23.1 Å². The SMILES string of the molecule is O=C(Oc1ccccc1N1C(=O)[C@@H]2[C@H]3C=C[C@@H]([C@@H]4C[C@H]34)[C@H]2C1=O)c1ccccc1. The highest BCUT2D eigenvalue weighted by molar-refractivity contribution is 6.23. The maximum absolute atomic E-state index is 13.3. The summed E-state index contributed by atoms with van der Waals surface area (Å²) in [5.41, 5.74) is 0.770. The number of para-hydroxylation sites is 2. The topological polar surface area (TPSA) is 63.7 Å². The first-order valence-corrected chi connectivity index (χ1v) is 10.1.